The monoisotopic (exact) mass is 227 g/mol. The van der Waals surface area contributed by atoms with Gasteiger partial charge in [-0.2, -0.15) is 0 Å². The highest BCUT2D eigenvalue weighted by molar-refractivity contribution is 6.30. The van der Waals surface area contributed by atoms with Crippen molar-refractivity contribution in [2.75, 3.05) is 18.6 Å². The molecule has 0 atom stereocenters. The molecule has 0 saturated carbocycles. The first-order valence-electron chi connectivity index (χ1n) is 4.81. The molecule has 1 rings (SSSR count). The van der Waals surface area contributed by atoms with Crippen molar-refractivity contribution >= 4 is 23.4 Å². The minimum atomic E-state index is -0.362. The Labute approximate surface area is 94.6 Å². The van der Waals surface area contributed by atoms with Gasteiger partial charge in [-0.3, -0.25) is 4.90 Å². The zero-order valence-electron chi connectivity index (χ0n) is 8.87. The van der Waals surface area contributed by atoms with Crippen molar-refractivity contribution in [2.24, 2.45) is 0 Å². The Morgan fingerprint density at radius 3 is 2.87 bits per heavy atom. The minimum Gasteiger partial charge on any atom is -0.449 e. The van der Waals surface area contributed by atoms with E-state index in [1.165, 1.54) is 4.90 Å². The van der Waals surface area contributed by atoms with Crippen LogP contribution < -0.4 is 4.90 Å². The van der Waals surface area contributed by atoms with Crippen molar-refractivity contribution < 1.29 is 9.53 Å². The molecule has 1 aromatic carbocycles. The lowest BCUT2D eigenvalue weighted by Gasteiger charge is -2.16. The van der Waals surface area contributed by atoms with E-state index in [2.05, 4.69) is 0 Å². The fraction of sp³-hybridized carbons (Fsp3) is 0.364. The maximum Gasteiger partial charge on any atom is 0.414 e. The van der Waals surface area contributed by atoms with Crippen LogP contribution in [0, 0.1) is 0 Å². The van der Waals surface area contributed by atoms with Crippen molar-refractivity contribution in [3.05, 3.63) is 29.3 Å². The zero-order chi connectivity index (χ0) is 11.3. The second kappa shape index (κ2) is 5.61. The molecule has 0 N–H and O–H groups in total. The third-order valence-electron chi connectivity index (χ3n) is 1.90. The smallest absolute Gasteiger partial charge is 0.414 e. The van der Waals surface area contributed by atoms with Gasteiger partial charge < -0.3 is 4.74 Å². The first-order chi connectivity index (χ1) is 7.15. The van der Waals surface area contributed by atoms with Gasteiger partial charge in [0.1, 0.15) is 0 Å². The number of carbonyl (C=O) groups is 1. The summed E-state index contributed by atoms with van der Waals surface area (Å²) in [5.41, 5.74) is 0.726. The molecule has 1 amide bonds. The third kappa shape index (κ3) is 3.44. The number of benzene rings is 1. The van der Waals surface area contributed by atoms with Crippen molar-refractivity contribution in [2.45, 2.75) is 13.3 Å². The Balaban J connectivity index is 2.67. The zero-order valence-corrected chi connectivity index (χ0v) is 9.62. The molecule has 0 spiro atoms. The summed E-state index contributed by atoms with van der Waals surface area (Å²) in [5, 5.41) is 0.600. The van der Waals surface area contributed by atoms with E-state index in [4.69, 9.17) is 16.3 Å². The van der Waals surface area contributed by atoms with Gasteiger partial charge in [0, 0.05) is 17.8 Å². The fourth-order valence-electron chi connectivity index (χ4n) is 1.08. The lowest BCUT2D eigenvalue weighted by atomic mass is 10.3. The maximum absolute atomic E-state index is 11.5. The third-order valence-corrected chi connectivity index (χ3v) is 2.13. The van der Waals surface area contributed by atoms with Gasteiger partial charge in [-0.25, -0.2) is 4.79 Å². The Bertz CT molecular complexity index is 341. The number of rotatable bonds is 3. The number of anilines is 1. The molecule has 82 valence electrons. The van der Waals surface area contributed by atoms with Crippen molar-refractivity contribution in [3.8, 4) is 0 Å². The van der Waals surface area contributed by atoms with Crippen molar-refractivity contribution in [3.63, 3.8) is 0 Å². The number of halogens is 1. The summed E-state index contributed by atoms with van der Waals surface area (Å²) >= 11 is 5.82. The predicted molar refractivity (Wildman–Crippen MR) is 61.5 cm³/mol. The Kier molecular flexibility index (Phi) is 4.43. The van der Waals surface area contributed by atoms with Crippen LogP contribution in [0.1, 0.15) is 13.3 Å². The molecular weight excluding hydrogens is 214 g/mol. The van der Waals surface area contributed by atoms with Gasteiger partial charge >= 0.3 is 6.09 Å². The molecule has 0 aromatic heterocycles. The van der Waals surface area contributed by atoms with E-state index in [0.29, 0.717) is 11.6 Å². The number of carbonyl (C=O) groups excluding carboxylic acids is 1. The van der Waals surface area contributed by atoms with Crippen LogP contribution in [0.3, 0.4) is 0 Å². The van der Waals surface area contributed by atoms with Crippen LogP contribution in [-0.2, 0) is 4.74 Å². The van der Waals surface area contributed by atoms with Crippen molar-refractivity contribution in [1.29, 1.82) is 0 Å². The Morgan fingerprint density at radius 1 is 1.53 bits per heavy atom. The molecule has 15 heavy (non-hydrogen) atoms. The second-order valence-corrected chi connectivity index (χ2v) is 3.59. The van der Waals surface area contributed by atoms with Gasteiger partial charge in [-0.1, -0.05) is 24.6 Å². The van der Waals surface area contributed by atoms with Crippen LogP contribution in [0.25, 0.3) is 0 Å². The topological polar surface area (TPSA) is 29.5 Å². The number of nitrogens with zero attached hydrogens (tertiary/aromatic N) is 1. The van der Waals surface area contributed by atoms with Gasteiger partial charge in [0.2, 0.25) is 0 Å². The molecule has 0 aliphatic rings. The summed E-state index contributed by atoms with van der Waals surface area (Å²) in [6, 6.07) is 7.07. The molecular formula is C11H14ClNO2. The summed E-state index contributed by atoms with van der Waals surface area (Å²) in [5.74, 6) is 0. The lowest BCUT2D eigenvalue weighted by Crippen LogP contribution is -2.27. The lowest BCUT2D eigenvalue weighted by molar-refractivity contribution is 0.155. The average molecular weight is 228 g/mol. The van der Waals surface area contributed by atoms with Crippen LogP contribution in [0.4, 0.5) is 10.5 Å². The number of hydrogen-bond acceptors (Lipinski definition) is 2. The molecule has 3 nitrogen and oxygen atoms in total. The summed E-state index contributed by atoms with van der Waals surface area (Å²) in [6.45, 7) is 2.39. The molecule has 0 bridgehead atoms. The fourth-order valence-corrected chi connectivity index (χ4v) is 1.26. The quantitative estimate of drug-likeness (QED) is 0.793. The largest absolute Gasteiger partial charge is 0.449 e. The highest BCUT2D eigenvalue weighted by Gasteiger charge is 2.11. The predicted octanol–water partition coefficient (Wildman–Crippen LogP) is 3.32. The SMILES string of the molecule is CCCOC(=O)N(C)c1cccc(Cl)c1. The van der Waals surface area contributed by atoms with Crippen molar-refractivity contribution in [1.82, 2.24) is 0 Å². The van der Waals surface area contributed by atoms with Crippen LogP contribution in [0.5, 0.6) is 0 Å². The van der Waals surface area contributed by atoms with Gasteiger partial charge in [0.05, 0.1) is 6.61 Å². The van der Waals surface area contributed by atoms with Crippen LogP contribution in [-0.4, -0.2) is 19.7 Å². The molecule has 4 heteroatoms. The molecule has 0 aliphatic heterocycles. The molecule has 0 fully saturated rings. The van der Waals surface area contributed by atoms with Crippen LogP contribution in [0.15, 0.2) is 24.3 Å². The van der Waals surface area contributed by atoms with Gasteiger partial charge in [0.15, 0.2) is 0 Å². The van der Waals surface area contributed by atoms with Gasteiger partial charge in [0.25, 0.3) is 0 Å². The van der Waals surface area contributed by atoms with E-state index in [1.54, 1.807) is 31.3 Å². The normalized spacial score (nSPS) is 9.80. The van der Waals surface area contributed by atoms with Gasteiger partial charge in [-0.05, 0) is 24.6 Å². The Morgan fingerprint density at radius 2 is 2.27 bits per heavy atom. The number of amides is 1. The first-order valence-corrected chi connectivity index (χ1v) is 5.19. The standard InChI is InChI=1S/C11H14ClNO2/c1-3-7-15-11(14)13(2)10-6-4-5-9(12)8-10/h4-6,8H,3,7H2,1-2H3. The molecule has 1 aromatic rings. The van der Waals surface area contributed by atoms with E-state index >= 15 is 0 Å². The summed E-state index contributed by atoms with van der Waals surface area (Å²) in [4.78, 5) is 12.9. The molecule has 0 aliphatic carbocycles. The Hall–Kier alpha value is -1.22. The first kappa shape index (κ1) is 11.9. The number of ether oxygens (including phenoxy) is 1. The second-order valence-electron chi connectivity index (χ2n) is 3.15. The highest BCUT2D eigenvalue weighted by Crippen LogP contribution is 2.18. The number of hydrogen-bond donors (Lipinski definition) is 0. The minimum absolute atomic E-state index is 0.362. The summed E-state index contributed by atoms with van der Waals surface area (Å²) in [7, 11) is 1.66. The molecule has 0 heterocycles. The molecule has 0 saturated heterocycles. The van der Waals surface area contributed by atoms with E-state index in [9.17, 15) is 4.79 Å². The van der Waals surface area contributed by atoms with Gasteiger partial charge in [-0.15, -0.1) is 0 Å². The van der Waals surface area contributed by atoms with Crippen LogP contribution in [0.2, 0.25) is 5.02 Å². The molecule has 0 radical (unpaired) electrons. The summed E-state index contributed by atoms with van der Waals surface area (Å²) in [6.07, 6.45) is 0.453. The average Bonchev–Trinajstić information content (AvgIpc) is 2.24. The maximum atomic E-state index is 11.5. The van der Waals surface area contributed by atoms with E-state index < -0.39 is 0 Å². The van der Waals surface area contributed by atoms with E-state index in [-0.39, 0.29) is 6.09 Å². The highest BCUT2D eigenvalue weighted by atomic mass is 35.5. The van der Waals surface area contributed by atoms with Crippen LogP contribution >= 0.6 is 11.6 Å². The van der Waals surface area contributed by atoms with E-state index in [0.717, 1.165) is 12.1 Å². The molecule has 0 unspecified atom stereocenters. The summed E-state index contributed by atoms with van der Waals surface area (Å²) < 4.78 is 4.99. The van der Waals surface area contributed by atoms with E-state index in [1.807, 2.05) is 6.92 Å².